The molecule has 0 aliphatic rings. The Labute approximate surface area is 425 Å². The fraction of sp³-hybridized carbons (Fsp3) is 0.441. The highest BCUT2D eigenvalue weighted by molar-refractivity contribution is 14.1. The Morgan fingerprint density at radius 1 is 0.483 bits per heavy atom. The first-order valence-electron chi connectivity index (χ1n) is 17.2. The first kappa shape index (κ1) is 55.5. The van der Waals surface area contributed by atoms with E-state index in [0.29, 0.717) is 20.0 Å². The van der Waals surface area contributed by atoms with Crippen molar-refractivity contribution in [1.29, 1.82) is 0 Å². The number of hydrogen-bond acceptors (Lipinski definition) is 15. The van der Waals surface area contributed by atoms with Gasteiger partial charge in [-0.25, -0.2) is 0 Å². The Bertz CT molecular complexity index is 1650. The number of carbonyl (C=O) groups is 5. The van der Waals surface area contributed by atoms with Crippen molar-refractivity contribution in [2.45, 2.75) is 30.3 Å². The number of nitrogens with zero attached hydrogens (tertiary/aromatic N) is 2. The van der Waals surface area contributed by atoms with Crippen molar-refractivity contribution in [2.24, 2.45) is 0 Å². The minimum atomic E-state index is -1.57. The number of amides is 5. The van der Waals surface area contributed by atoms with Gasteiger partial charge in [0.2, 0.25) is 12.8 Å². The molecule has 1 unspecified atom stereocenters. The zero-order chi connectivity index (χ0) is 45.6. The van der Waals surface area contributed by atoms with E-state index < -0.39 is 114 Å². The van der Waals surface area contributed by atoms with Gasteiger partial charge in [-0.05, 0) is 136 Å². The normalized spacial score (nSPS) is 11.8. The molecule has 0 spiro atoms. The molecule has 334 valence electrons. The van der Waals surface area contributed by atoms with E-state index in [0.717, 1.165) is 9.80 Å². The van der Waals surface area contributed by atoms with Crippen molar-refractivity contribution in [3.63, 3.8) is 0 Å². The van der Waals surface area contributed by atoms with E-state index in [4.69, 9.17) is 0 Å². The molecule has 2 rings (SSSR count). The Morgan fingerprint density at radius 3 is 1.00 bits per heavy atom. The number of nitrogens with one attached hydrogen (secondary N) is 4. The predicted octanol–water partition coefficient (Wildman–Crippen LogP) is -1.54. The van der Waals surface area contributed by atoms with E-state index in [1.807, 2.05) is 67.8 Å². The third-order valence-electron chi connectivity index (χ3n) is 8.36. The molecule has 0 aliphatic carbocycles. The lowest BCUT2D eigenvalue weighted by Crippen LogP contribution is -2.44. The van der Waals surface area contributed by atoms with Gasteiger partial charge in [-0.3, -0.25) is 24.0 Å². The van der Waals surface area contributed by atoms with Crippen LogP contribution in [0, 0.1) is 21.4 Å². The largest absolute Gasteiger partial charge is 0.394 e. The van der Waals surface area contributed by atoms with Gasteiger partial charge >= 0.3 is 0 Å². The third-order valence-corrected chi connectivity index (χ3v) is 14.7. The molecule has 20 nitrogen and oxygen atoms in total. The van der Waals surface area contributed by atoms with Crippen molar-refractivity contribution >= 4 is 183 Å². The number of halogens is 6. The van der Waals surface area contributed by atoms with Gasteiger partial charge in [-0.1, -0.05) is 6.58 Å². The summed E-state index contributed by atoms with van der Waals surface area (Å²) in [6.45, 7) is -1.77. The minimum Gasteiger partial charge on any atom is -0.394 e. The lowest BCUT2D eigenvalue weighted by atomic mass is 10.0. The van der Waals surface area contributed by atoms with Gasteiger partial charge in [0.15, 0.2) is 0 Å². The van der Waals surface area contributed by atoms with Crippen molar-refractivity contribution in [2.75, 3.05) is 75.7 Å². The molecule has 2 aromatic carbocycles. The summed E-state index contributed by atoms with van der Waals surface area (Å²) >= 11 is 10.9. The maximum absolute atomic E-state index is 13.7. The molecule has 5 amide bonds. The molecular formula is C34H42I6N6O14. The number of hydrogen-bond donors (Lipinski definition) is 13. The second kappa shape index (κ2) is 27.0. The molecule has 0 saturated heterocycles. The van der Waals surface area contributed by atoms with E-state index in [9.17, 15) is 69.9 Å². The maximum atomic E-state index is 13.7. The number of carbonyl (C=O) groups excluding carboxylic acids is 5. The van der Waals surface area contributed by atoms with Crippen LogP contribution in [0.5, 0.6) is 0 Å². The number of benzene rings is 2. The highest BCUT2D eigenvalue weighted by Gasteiger charge is 2.34. The van der Waals surface area contributed by atoms with Gasteiger partial charge in [-0.2, -0.15) is 0 Å². The highest BCUT2D eigenvalue weighted by atomic mass is 127. The molecule has 0 aromatic heterocycles. The second-order valence-corrected chi connectivity index (χ2v) is 19.0. The van der Waals surface area contributed by atoms with Crippen LogP contribution in [0.2, 0.25) is 0 Å². The fourth-order valence-electron chi connectivity index (χ4n) is 5.24. The molecular weight excluding hydrogens is 1480 g/mol. The summed E-state index contributed by atoms with van der Waals surface area (Å²) < 4.78 is 1.12. The van der Waals surface area contributed by atoms with Gasteiger partial charge in [0.05, 0.1) is 135 Å². The van der Waals surface area contributed by atoms with Crippen molar-refractivity contribution in [3.05, 3.63) is 50.3 Å². The van der Waals surface area contributed by atoms with Crippen molar-refractivity contribution < 1.29 is 69.9 Å². The molecule has 26 heteroatoms. The predicted molar refractivity (Wildman–Crippen MR) is 268 cm³/mol. The third kappa shape index (κ3) is 13.7. The minimum absolute atomic E-state index is 0.00857. The molecule has 2 aromatic rings. The number of aliphatic hydroxyl groups is 9. The zero-order valence-electron chi connectivity index (χ0n) is 31.0. The quantitative estimate of drug-likeness (QED) is 0.0396. The van der Waals surface area contributed by atoms with Crippen LogP contribution in [-0.2, 0) is 9.59 Å². The van der Waals surface area contributed by atoms with Gasteiger partial charge < -0.3 is 77.0 Å². The fourth-order valence-corrected chi connectivity index (χ4v) is 14.9. The van der Waals surface area contributed by atoms with Crippen LogP contribution in [-0.4, -0.2) is 173 Å². The molecule has 0 saturated carbocycles. The Kier molecular flexibility index (Phi) is 24.9. The molecule has 1 atom stereocenters. The summed E-state index contributed by atoms with van der Waals surface area (Å²) in [5.74, 6) is -2.43. The van der Waals surface area contributed by atoms with Crippen LogP contribution >= 0.6 is 136 Å². The first-order chi connectivity index (χ1) is 28.4. The molecule has 0 aliphatic heterocycles. The molecule has 0 bridgehead atoms. The van der Waals surface area contributed by atoms with Crippen LogP contribution in [0.3, 0.4) is 0 Å². The Morgan fingerprint density at radius 2 is 0.733 bits per heavy atom. The van der Waals surface area contributed by atoms with Gasteiger partial charge in [0.25, 0.3) is 17.7 Å². The van der Waals surface area contributed by atoms with Crippen LogP contribution < -0.4 is 31.1 Å². The van der Waals surface area contributed by atoms with Crippen molar-refractivity contribution in [1.82, 2.24) is 21.3 Å². The van der Waals surface area contributed by atoms with Crippen LogP contribution in [0.25, 0.3) is 5.70 Å². The van der Waals surface area contributed by atoms with Gasteiger partial charge in [0, 0.05) is 22.0 Å². The van der Waals surface area contributed by atoms with E-state index in [1.165, 1.54) is 0 Å². The first-order valence-corrected chi connectivity index (χ1v) is 23.7. The van der Waals surface area contributed by atoms with Crippen molar-refractivity contribution in [3.8, 4) is 0 Å². The molecule has 13 N–H and O–H groups in total. The summed E-state index contributed by atoms with van der Waals surface area (Å²) in [5.41, 5.74) is 0.186. The number of rotatable bonds is 25. The average molecular weight is 1520 g/mol. The average Bonchev–Trinajstić information content (AvgIpc) is 3.21. The highest BCUT2D eigenvalue weighted by Crippen LogP contribution is 2.41. The number of anilines is 2. The second-order valence-electron chi connectivity index (χ2n) is 12.5. The summed E-state index contributed by atoms with van der Waals surface area (Å²) in [6.07, 6.45) is -0.876. The van der Waals surface area contributed by atoms with Crippen LogP contribution in [0.15, 0.2) is 6.58 Å². The van der Waals surface area contributed by atoms with Gasteiger partial charge in [-0.15, -0.1) is 0 Å². The standard InChI is InChI=1S/C34H42I6N6O14/c1-14(41-15(4-47)5-48)20-24(35)21(32(58)42-16(6-49)7-50)27(38)30(26(20)37)45(12-55)2-19(57)3-46(13-56)31-28(39)22(33(59)43-17(8-51)9-52)25(36)23(29(31)40)34(60)44-18(10-53)11-54/h12-13,15-19,41,47-54,57H,1-11H2,(H,42,58)(H,43,59)(H,44,60). The zero-order valence-corrected chi connectivity index (χ0v) is 44.0. The van der Waals surface area contributed by atoms with E-state index in [1.54, 1.807) is 67.8 Å². The maximum Gasteiger partial charge on any atom is 0.253 e. The summed E-state index contributed by atoms with van der Waals surface area (Å²) in [6, 6.07) is -4.11. The molecule has 0 fully saturated rings. The van der Waals surface area contributed by atoms with Crippen LogP contribution in [0.1, 0.15) is 36.6 Å². The summed E-state index contributed by atoms with van der Waals surface area (Å²) in [5, 5.41) is 99.2. The summed E-state index contributed by atoms with van der Waals surface area (Å²) in [4.78, 5) is 68.8. The molecule has 0 radical (unpaired) electrons. The molecule has 60 heavy (non-hydrogen) atoms. The van der Waals surface area contributed by atoms with Gasteiger partial charge in [0.1, 0.15) is 0 Å². The summed E-state index contributed by atoms with van der Waals surface area (Å²) in [7, 11) is 0. The monoisotopic (exact) mass is 1520 g/mol. The van der Waals surface area contributed by atoms with Crippen LogP contribution in [0.4, 0.5) is 11.4 Å². The topological polar surface area (TPSA) is 322 Å². The Balaban J connectivity index is 2.81. The number of aliphatic hydroxyl groups excluding tert-OH is 9. The lowest BCUT2D eigenvalue weighted by molar-refractivity contribution is -0.108. The van der Waals surface area contributed by atoms with E-state index in [2.05, 4.69) is 27.8 Å². The molecule has 0 heterocycles. The smallest absolute Gasteiger partial charge is 0.253 e. The van der Waals surface area contributed by atoms with E-state index >= 15 is 0 Å². The van der Waals surface area contributed by atoms with E-state index in [-0.39, 0.29) is 53.6 Å². The Hall–Kier alpha value is -0.650. The SMILES string of the molecule is C=C(NC(CO)CO)c1c(I)c(C(=O)NC(CO)CO)c(I)c(N(C=O)CC(O)CN(C=O)c2c(I)c(C(=O)NC(CO)CO)c(I)c(C(=O)NC(CO)CO)c2I)c1I. The lowest BCUT2D eigenvalue weighted by Gasteiger charge is -2.30.